The van der Waals surface area contributed by atoms with E-state index in [1.165, 1.54) is 0 Å². The SMILES string of the molecule is CC(C)(C(=O)NC1CNC(=O)C1)N1CCNCC1. The van der Waals surface area contributed by atoms with Crippen molar-refractivity contribution in [2.45, 2.75) is 31.8 Å². The highest BCUT2D eigenvalue weighted by Gasteiger charge is 2.37. The van der Waals surface area contributed by atoms with E-state index in [1.54, 1.807) is 0 Å². The zero-order valence-electron chi connectivity index (χ0n) is 11.1. The lowest BCUT2D eigenvalue weighted by Gasteiger charge is -2.40. The molecule has 0 saturated carbocycles. The average molecular weight is 254 g/mol. The van der Waals surface area contributed by atoms with Gasteiger partial charge in [0, 0.05) is 39.1 Å². The minimum atomic E-state index is -0.520. The fourth-order valence-corrected chi connectivity index (χ4v) is 2.44. The van der Waals surface area contributed by atoms with Crippen molar-refractivity contribution in [1.29, 1.82) is 0 Å². The van der Waals surface area contributed by atoms with E-state index in [-0.39, 0.29) is 17.9 Å². The molecular weight excluding hydrogens is 232 g/mol. The molecule has 102 valence electrons. The molecule has 0 radical (unpaired) electrons. The Morgan fingerprint density at radius 2 is 2.06 bits per heavy atom. The lowest BCUT2D eigenvalue weighted by molar-refractivity contribution is -0.132. The highest BCUT2D eigenvalue weighted by molar-refractivity contribution is 5.87. The van der Waals surface area contributed by atoms with Gasteiger partial charge in [0.2, 0.25) is 11.8 Å². The standard InChI is InChI=1S/C12H22N4O2/c1-12(2,16-5-3-13-4-6-16)11(18)15-9-7-10(17)14-8-9/h9,13H,3-8H2,1-2H3,(H,14,17)(H,15,18). The van der Waals surface area contributed by atoms with E-state index < -0.39 is 5.54 Å². The van der Waals surface area contributed by atoms with Crippen LogP contribution in [0.15, 0.2) is 0 Å². The summed E-state index contributed by atoms with van der Waals surface area (Å²) in [5, 5.41) is 8.97. The quantitative estimate of drug-likeness (QED) is 0.584. The molecule has 1 atom stereocenters. The molecule has 0 bridgehead atoms. The van der Waals surface area contributed by atoms with Gasteiger partial charge in [0.15, 0.2) is 0 Å². The van der Waals surface area contributed by atoms with Gasteiger partial charge in [-0.05, 0) is 13.8 Å². The van der Waals surface area contributed by atoms with E-state index in [1.807, 2.05) is 13.8 Å². The van der Waals surface area contributed by atoms with Crippen LogP contribution in [0.3, 0.4) is 0 Å². The van der Waals surface area contributed by atoms with Gasteiger partial charge in [-0.3, -0.25) is 14.5 Å². The van der Waals surface area contributed by atoms with Crippen LogP contribution in [0.2, 0.25) is 0 Å². The molecule has 2 saturated heterocycles. The number of amides is 2. The van der Waals surface area contributed by atoms with Crippen molar-refractivity contribution in [3.05, 3.63) is 0 Å². The second-order valence-electron chi connectivity index (χ2n) is 5.47. The average Bonchev–Trinajstić information content (AvgIpc) is 2.76. The molecule has 2 heterocycles. The topological polar surface area (TPSA) is 73.5 Å². The van der Waals surface area contributed by atoms with Gasteiger partial charge in [0.05, 0.1) is 11.6 Å². The Morgan fingerprint density at radius 1 is 1.39 bits per heavy atom. The molecule has 2 aliphatic rings. The van der Waals surface area contributed by atoms with Gasteiger partial charge in [-0.2, -0.15) is 0 Å². The first-order valence-corrected chi connectivity index (χ1v) is 6.53. The fraction of sp³-hybridized carbons (Fsp3) is 0.833. The number of rotatable bonds is 3. The van der Waals surface area contributed by atoms with E-state index in [9.17, 15) is 9.59 Å². The second-order valence-corrected chi connectivity index (χ2v) is 5.47. The molecule has 6 nitrogen and oxygen atoms in total. The Morgan fingerprint density at radius 3 is 2.61 bits per heavy atom. The Balaban J connectivity index is 1.91. The van der Waals surface area contributed by atoms with E-state index in [0.29, 0.717) is 13.0 Å². The molecule has 3 N–H and O–H groups in total. The van der Waals surface area contributed by atoms with E-state index in [4.69, 9.17) is 0 Å². The fourth-order valence-electron chi connectivity index (χ4n) is 2.44. The molecule has 18 heavy (non-hydrogen) atoms. The third-order valence-electron chi connectivity index (χ3n) is 3.78. The van der Waals surface area contributed by atoms with Crippen LogP contribution < -0.4 is 16.0 Å². The normalized spacial score (nSPS) is 25.9. The van der Waals surface area contributed by atoms with Crippen molar-refractivity contribution in [3.63, 3.8) is 0 Å². The van der Waals surface area contributed by atoms with Crippen LogP contribution in [-0.4, -0.2) is 61.0 Å². The van der Waals surface area contributed by atoms with Gasteiger partial charge in [0.25, 0.3) is 0 Å². The van der Waals surface area contributed by atoms with E-state index in [0.717, 1.165) is 26.2 Å². The van der Waals surface area contributed by atoms with Gasteiger partial charge in [0.1, 0.15) is 0 Å². The monoisotopic (exact) mass is 254 g/mol. The maximum Gasteiger partial charge on any atom is 0.240 e. The lowest BCUT2D eigenvalue weighted by atomic mass is 9.99. The van der Waals surface area contributed by atoms with E-state index >= 15 is 0 Å². The zero-order valence-corrected chi connectivity index (χ0v) is 11.1. The maximum absolute atomic E-state index is 12.3. The summed E-state index contributed by atoms with van der Waals surface area (Å²) in [5.41, 5.74) is -0.520. The third-order valence-corrected chi connectivity index (χ3v) is 3.78. The molecule has 0 aliphatic carbocycles. The van der Waals surface area contributed by atoms with Crippen LogP contribution in [0.5, 0.6) is 0 Å². The van der Waals surface area contributed by atoms with Crippen molar-refractivity contribution in [2.24, 2.45) is 0 Å². The Hall–Kier alpha value is -1.14. The van der Waals surface area contributed by atoms with Gasteiger partial charge < -0.3 is 16.0 Å². The first-order valence-electron chi connectivity index (χ1n) is 6.53. The largest absolute Gasteiger partial charge is 0.354 e. The van der Waals surface area contributed by atoms with Crippen LogP contribution in [-0.2, 0) is 9.59 Å². The van der Waals surface area contributed by atoms with Crippen molar-refractivity contribution < 1.29 is 9.59 Å². The molecule has 0 aromatic carbocycles. The summed E-state index contributed by atoms with van der Waals surface area (Å²) in [4.78, 5) is 25.6. The molecule has 0 aromatic rings. The predicted octanol–water partition coefficient (Wildman–Crippen LogP) is -1.33. The molecular formula is C12H22N4O2. The van der Waals surface area contributed by atoms with Gasteiger partial charge in [-0.1, -0.05) is 0 Å². The predicted molar refractivity (Wildman–Crippen MR) is 68.1 cm³/mol. The molecule has 0 aromatic heterocycles. The molecule has 2 fully saturated rings. The molecule has 2 rings (SSSR count). The van der Waals surface area contributed by atoms with E-state index in [2.05, 4.69) is 20.9 Å². The minimum absolute atomic E-state index is 0.00546. The Bertz CT molecular complexity index is 337. The Labute approximate surface area is 107 Å². The molecule has 0 spiro atoms. The smallest absolute Gasteiger partial charge is 0.240 e. The van der Waals surface area contributed by atoms with Crippen molar-refractivity contribution in [3.8, 4) is 0 Å². The summed E-state index contributed by atoms with van der Waals surface area (Å²) in [6.45, 7) is 8.02. The van der Waals surface area contributed by atoms with Crippen LogP contribution in [0.4, 0.5) is 0 Å². The molecule has 1 unspecified atom stereocenters. The molecule has 6 heteroatoms. The van der Waals surface area contributed by atoms with Gasteiger partial charge in [-0.15, -0.1) is 0 Å². The molecule has 2 amide bonds. The first-order chi connectivity index (χ1) is 8.50. The number of nitrogens with zero attached hydrogens (tertiary/aromatic N) is 1. The van der Waals surface area contributed by atoms with Crippen molar-refractivity contribution in [2.75, 3.05) is 32.7 Å². The zero-order chi connectivity index (χ0) is 13.2. The van der Waals surface area contributed by atoms with Crippen LogP contribution in [0.1, 0.15) is 20.3 Å². The summed E-state index contributed by atoms with van der Waals surface area (Å²) >= 11 is 0. The van der Waals surface area contributed by atoms with Gasteiger partial charge >= 0.3 is 0 Å². The number of carbonyl (C=O) groups excluding carboxylic acids is 2. The number of nitrogens with one attached hydrogen (secondary N) is 3. The van der Waals surface area contributed by atoms with Crippen molar-refractivity contribution >= 4 is 11.8 Å². The maximum atomic E-state index is 12.3. The van der Waals surface area contributed by atoms with Crippen LogP contribution in [0.25, 0.3) is 0 Å². The lowest BCUT2D eigenvalue weighted by Crippen LogP contribution is -2.61. The van der Waals surface area contributed by atoms with Crippen LogP contribution in [0, 0.1) is 0 Å². The number of hydrogen-bond acceptors (Lipinski definition) is 4. The Kier molecular flexibility index (Phi) is 3.87. The third kappa shape index (κ3) is 2.81. The summed E-state index contributed by atoms with van der Waals surface area (Å²) in [7, 11) is 0. The van der Waals surface area contributed by atoms with Crippen molar-refractivity contribution in [1.82, 2.24) is 20.9 Å². The number of piperazine rings is 1. The number of hydrogen-bond donors (Lipinski definition) is 3. The minimum Gasteiger partial charge on any atom is -0.354 e. The highest BCUT2D eigenvalue weighted by atomic mass is 16.2. The number of carbonyl (C=O) groups is 2. The summed E-state index contributed by atoms with van der Waals surface area (Å²) in [5.74, 6) is 0.0196. The van der Waals surface area contributed by atoms with Crippen LogP contribution >= 0.6 is 0 Å². The summed E-state index contributed by atoms with van der Waals surface area (Å²) in [6.07, 6.45) is 0.392. The summed E-state index contributed by atoms with van der Waals surface area (Å²) in [6, 6.07) is -0.0628. The summed E-state index contributed by atoms with van der Waals surface area (Å²) < 4.78 is 0. The second kappa shape index (κ2) is 5.24. The van der Waals surface area contributed by atoms with Gasteiger partial charge in [-0.25, -0.2) is 0 Å². The molecule has 2 aliphatic heterocycles. The first kappa shape index (κ1) is 13.3. The highest BCUT2D eigenvalue weighted by Crippen LogP contribution is 2.16.